The van der Waals surface area contributed by atoms with Crippen molar-refractivity contribution in [1.29, 1.82) is 0 Å². The summed E-state index contributed by atoms with van der Waals surface area (Å²) in [5.41, 5.74) is 0. The van der Waals surface area contributed by atoms with Gasteiger partial charge in [-0.3, -0.25) is 18.6 Å². The van der Waals surface area contributed by atoms with E-state index in [9.17, 15) is 34.1 Å². The van der Waals surface area contributed by atoms with Crippen LogP contribution in [0.2, 0.25) is 0 Å². The number of hydrogen-bond donors (Lipinski definition) is 4. The molecule has 0 radical (unpaired) electrons. The number of ether oxygens (including phenoxy) is 1. The number of nitrogens with one attached hydrogen (secondary N) is 1. The van der Waals surface area contributed by atoms with Crippen LogP contribution >= 0.6 is 7.82 Å². The Labute approximate surface area is 373 Å². The number of allylic oxidation sites excluding steroid dienone is 20. The maximum atomic E-state index is 12.3. The third-order valence-electron chi connectivity index (χ3n) is 8.75. The van der Waals surface area contributed by atoms with E-state index in [1.807, 2.05) is 12.2 Å². The highest BCUT2D eigenvalue weighted by atomic mass is 31.2. The highest BCUT2D eigenvalue weighted by Gasteiger charge is 2.28. The summed E-state index contributed by atoms with van der Waals surface area (Å²) in [4.78, 5) is 46.0. The molecular weight excluding hydrogens is 806 g/mol. The number of hydrogen-bond acceptors (Lipinski definition) is 8. The third kappa shape index (κ3) is 42.6. The molecule has 348 valence electrons. The number of carboxylic acid groups (broad SMARTS) is 1. The van der Waals surface area contributed by atoms with Gasteiger partial charge in [-0.15, -0.1) is 0 Å². The van der Waals surface area contributed by atoms with Gasteiger partial charge in [0.2, 0.25) is 5.91 Å². The summed E-state index contributed by atoms with van der Waals surface area (Å²) in [5.74, 6) is -2.48. The highest BCUT2D eigenvalue weighted by molar-refractivity contribution is 7.47. The molecule has 11 nitrogen and oxygen atoms in total. The van der Waals surface area contributed by atoms with Crippen LogP contribution < -0.4 is 5.32 Å². The van der Waals surface area contributed by atoms with Crippen LogP contribution in [0.25, 0.3) is 0 Å². The van der Waals surface area contributed by atoms with E-state index in [0.29, 0.717) is 19.3 Å². The number of phosphoric ester groups is 1. The first-order chi connectivity index (χ1) is 30.1. The maximum absolute atomic E-state index is 12.3. The molecule has 0 heterocycles. The van der Waals surface area contributed by atoms with E-state index in [-0.39, 0.29) is 12.8 Å². The molecule has 0 aliphatic rings. The average Bonchev–Trinajstić information content (AvgIpc) is 3.25. The van der Waals surface area contributed by atoms with E-state index >= 15 is 0 Å². The van der Waals surface area contributed by atoms with Gasteiger partial charge < -0.3 is 25.2 Å². The molecule has 0 bridgehead atoms. The minimum Gasteiger partial charge on any atom is -0.480 e. The fourth-order valence-corrected chi connectivity index (χ4v) is 6.09. The smallest absolute Gasteiger partial charge is 0.472 e. The molecule has 3 atom stereocenters. The topological polar surface area (TPSA) is 169 Å². The Morgan fingerprint density at radius 1 is 0.516 bits per heavy atom. The minimum atomic E-state index is -4.79. The van der Waals surface area contributed by atoms with Gasteiger partial charge in [0.1, 0.15) is 12.7 Å². The number of carboxylic acids is 1. The first kappa shape index (κ1) is 57.9. The zero-order valence-electron chi connectivity index (χ0n) is 37.6. The highest BCUT2D eigenvalue weighted by Crippen LogP contribution is 2.43. The summed E-state index contributed by atoms with van der Waals surface area (Å²) >= 11 is 0. The normalized spacial score (nSPS) is 14.8. The van der Waals surface area contributed by atoms with Gasteiger partial charge in [0.25, 0.3) is 0 Å². The van der Waals surface area contributed by atoms with Crippen LogP contribution in [-0.4, -0.2) is 64.9 Å². The Balaban J connectivity index is 4.03. The third-order valence-corrected chi connectivity index (χ3v) is 9.70. The van der Waals surface area contributed by atoms with Gasteiger partial charge in [0.05, 0.1) is 13.2 Å². The van der Waals surface area contributed by atoms with Crippen molar-refractivity contribution in [1.82, 2.24) is 5.32 Å². The first-order valence-corrected chi connectivity index (χ1v) is 24.1. The van der Waals surface area contributed by atoms with Crippen LogP contribution in [-0.2, 0) is 32.7 Å². The Bertz CT molecular complexity index is 1500. The number of aliphatic hydroxyl groups excluding tert-OH is 1. The summed E-state index contributed by atoms with van der Waals surface area (Å²) in [6.45, 7) is 2.27. The van der Waals surface area contributed by atoms with E-state index in [0.717, 1.165) is 96.3 Å². The van der Waals surface area contributed by atoms with E-state index in [2.05, 4.69) is 129 Å². The fourth-order valence-electron chi connectivity index (χ4n) is 5.32. The molecule has 0 saturated carbocycles. The van der Waals surface area contributed by atoms with Crippen molar-refractivity contribution in [3.05, 3.63) is 122 Å². The number of unbranched alkanes of at least 4 members (excludes halogenated alkanes) is 6. The molecular formula is C50H78NO10P. The number of carbonyl (C=O) groups is 3. The van der Waals surface area contributed by atoms with Crippen molar-refractivity contribution in [3.8, 4) is 0 Å². The largest absolute Gasteiger partial charge is 0.480 e. The molecule has 0 saturated heterocycles. The Morgan fingerprint density at radius 3 is 1.35 bits per heavy atom. The predicted molar refractivity (Wildman–Crippen MR) is 253 cm³/mol. The van der Waals surface area contributed by atoms with Crippen LogP contribution in [0.3, 0.4) is 0 Å². The SMILES string of the molecule is CC/C=C\C/C=C\C/C=C\C/C=C\C/C=C\CCCCCCCC(=O)NC(COP(=O)(O)OCC(O)COC(=O)CCC/C=C\C/C=C\C/C=C\C/C=C\C/C=C\CC)C(=O)O. The molecule has 0 fully saturated rings. The molecule has 0 spiro atoms. The second kappa shape index (κ2) is 43.5. The predicted octanol–water partition coefficient (Wildman–Crippen LogP) is 12.0. The van der Waals surface area contributed by atoms with Gasteiger partial charge in [-0.05, 0) is 96.3 Å². The summed E-state index contributed by atoms with van der Waals surface area (Å²) < 4.78 is 26.8. The van der Waals surface area contributed by atoms with Gasteiger partial charge >= 0.3 is 19.8 Å². The molecule has 0 aromatic rings. The molecule has 62 heavy (non-hydrogen) atoms. The van der Waals surface area contributed by atoms with Crippen molar-refractivity contribution in [2.45, 2.75) is 154 Å². The molecule has 0 aliphatic carbocycles. The standard InChI is InChI=1S/C50H78NO10P/c1-3-5-7-9-11-13-15-17-19-21-22-23-24-26-27-29-31-33-35-37-39-41-48(53)51-47(50(55)56)45-61-62(57,58)60-44-46(52)43-59-49(54)42-40-38-36-34-32-30-28-25-20-18-16-14-12-10-8-6-4-2/h5-8,11-14,17-20,22-23,26-28,30,34,36,46-47,52H,3-4,9-10,15-16,21,24-25,29,31-33,35,37-45H2,1-2H3,(H,51,53)(H,55,56)(H,57,58)/b7-5-,8-6-,13-11-,14-12-,19-17-,20-18-,23-22-,27-26-,30-28-,36-34-. The van der Waals surface area contributed by atoms with E-state index in [4.69, 9.17) is 13.8 Å². The minimum absolute atomic E-state index is 0.111. The quantitative estimate of drug-likeness (QED) is 0.0201. The van der Waals surface area contributed by atoms with Crippen LogP contribution in [0, 0.1) is 0 Å². The number of rotatable bonds is 40. The van der Waals surface area contributed by atoms with Gasteiger partial charge in [-0.25, -0.2) is 9.36 Å². The Kier molecular flexibility index (Phi) is 40.6. The molecule has 3 unspecified atom stereocenters. The molecule has 0 aromatic carbocycles. The lowest BCUT2D eigenvalue weighted by atomic mass is 10.1. The van der Waals surface area contributed by atoms with Crippen molar-refractivity contribution in [2.75, 3.05) is 19.8 Å². The summed E-state index contributed by atoms with van der Waals surface area (Å²) in [5, 5.41) is 21.8. The first-order valence-electron chi connectivity index (χ1n) is 22.6. The van der Waals surface area contributed by atoms with Crippen molar-refractivity contribution >= 4 is 25.7 Å². The number of amides is 1. The lowest BCUT2D eigenvalue weighted by molar-refractivity contribution is -0.147. The summed E-state index contributed by atoms with van der Waals surface area (Å²) in [6.07, 6.45) is 57.9. The summed E-state index contributed by atoms with van der Waals surface area (Å²) in [6, 6.07) is -1.57. The molecule has 1 amide bonds. The molecule has 0 aliphatic heterocycles. The van der Waals surface area contributed by atoms with Crippen LogP contribution in [0.4, 0.5) is 0 Å². The van der Waals surface area contributed by atoms with Gasteiger partial charge in [0, 0.05) is 12.8 Å². The monoisotopic (exact) mass is 884 g/mol. The Morgan fingerprint density at radius 2 is 0.903 bits per heavy atom. The van der Waals surface area contributed by atoms with E-state index in [1.54, 1.807) is 0 Å². The number of carbonyl (C=O) groups excluding carboxylic acids is 2. The van der Waals surface area contributed by atoms with Gasteiger partial charge in [-0.1, -0.05) is 155 Å². The van der Waals surface area contributed by atoms with Gasteiger partial charge in [0.15, 0.2) is 6.04 Å². The second-order valence-corrected chi connectivity index (χ2v) is 15.9. The lowest BCUT2D eigenvalue weighted by Gasteiger charge is -2.18. The number of aliphatic hydroxyl groups is 1. The van der Waals surface area contributed by atoms with E-state index < -0.39 is 57.6 Å². The number of aliphatic carboxylic acids is 1. The van der Waals surface area contributed by atoms with Crippen molar-refractivity contribution in [2.24, 2.45) is 0 Å². The molecule has 12 heteroatoms. The lowest BCUT2D eigenvalue weighted by Crippen LogP contribution is -2.43. The van der Waals surface area contributed by atoms with Gasteiger partial charge in [-0.2, -0.15) is 0 Å². The Hall–Kier alpha value is -4.12. The number of phosphoric acid groups is 1. The van der Waals surface area contributed by atoms with Crippen molar-refractivity contribution < 1.29 is 47.8 Å². The number of esters is 1. The summed E-state index contributed by atoms with van der Waals surface area (Å²) in [7, 11) is -4.79. The molecule has 0 rings (SSSR count). The zero-order chi connectivity index (χ0) is 45.6. The van der Waals surface area contributed by atoms with Crippen LogP contribution in [0.15, 0.2) is 122 Å². The van der Waals surface area contributed by atoms with E-state index in [1.165, 1.54) is 0 Å². The fraction of sp³-hybridized carbons (Fsp3) is 0.540. The zero-order valence-corrected chi connectivity index (χ0v) is 38.5. The van der Waals surface area contributed by atoms with Crippen LogP contribution in [0.1, 0.15) is 142 Å². The van der Waals surface area contributed by atoms with Crippen molar-refractivity contribution in [3.63, 3.8) is 0 Å². The molecule has 0 aromatic heterocycles. The maximum Gasteiger partial charge on any atom is 0.472 e. The molecule has 4 N–H and O–H groups in total. The average molecular weight is 884 g/mol. The second-order valence-electron chi connectivity index (χ2n) is 14.5. The van der Waals surface area contributed by atoms with Crippen LogP contribution in [0.5, 0.6) is 0 Å².